The molecule has 0 fully saturated rings. The lowest BCUT2D eigenvalue weighted by Gasteiger charge is -2.26. The van der Waals surface area contributed by atoms with E-state index in [-0.39, 0.29) is 11.8 Å². The molecule has 0 spiro atoms. The highest BCUT2D eigenvalue weighted by Gasteiger charge is 2.24. The second-order valence-corrected chi connectivity index (χ2v) is 8.09. The Morgan fingerprint density at radius 2 is 1.80 bits per heavy atom. The van der Waals surface area contributed by atoms with E-state index < -0.39 is 11.6 Å². The highest BCUT2D eigenvalue weighted by Crippen LogP contribution is 2.20. The van der Waals surface area contributed by atoms with E-state index in [1.807, 2.05) is 26.8 Å². The number of aromatic nitrogens is 2. The average molecular weight is 413 g/mol. The zero-order chi connectivity index (χ0) is 21.7. The number of esters is 1. The third-order valence-corrected chi connectivity index (χ3v) is 4.63. The van der Waals surface area contributed by atoms with Gasteiger partial charge in [0.25, 0.3) is 0 Å². The van der Waals surface area contributed by atoms with Gasteiger partial charge in [-0.2, -0.15) is 0 Å². The summed E-state index contributed by atoms with van der Waals surface area (Å²) in [6.07, 6.45) is 4.00. The molecule has 0 bridgehead atoms. The van der Waals surface area contributed by atoms with Gasteiger partial charge in [-0.05, 0) is 50.3 Å². The van der Waals surface area contributed by atoms with Crippen LogP contribution in [0.15, 0.2) is 30.6 Å². The van der Waals surface area contributed by atoms with Crippen molar-refractivity contribution in [2.24, 2.45) is 0 Å². The molecule has 0 saturated carbocycles. The number of nitrogens with zero attached hydrogens (tertiary/aromatic N) is 3. The summed E-state index contributed by atoms with van der Waals surface area (Å²) in [6, 6.07) is 6.20. The molecule has 8 nitrogen and oxygen atoms in total. The van der Waals surface area contributed by atoms with Crippen LogP contribution in [0.2, 0.25) is 0 Å². The number of rotatable bonds is 4. The lowest BCUT2D eigenvalue weighted by molar-refractivity contribution is 0.0258. The summed E-state index contributed by atoms with van der Waals surface area (Å²) in [5.74, 6) is -0.214. The molecule has 3 rings (SSSR count). The maximum Gasteiger partial charge on any atom is 0.410 e. The number of hydrogen-bond donors (Lipinski definition) is 0. The Kier molecular flexibility index (Phi) is 6.54. The van der Waals surface area contributed by atoms with Crippen LogP contribution in [0.4, 0.5) is 4.79 Å². The van der Waals surface area contributed by atoms with Gasteiger partial charge in [0.2, 0.25) is 5.88 Å². The number of carbonyl (C=O) groups excluding carboxylic acids is 2. The Balaban J connectivity index is 1.60. The van der Waals surface area contributed by atoms with Gasteiger partial charge in [-0.3, -0.25) is 0 Å². The number of benzene rings is 1. The van der Waals surface area contributed by atoms with Crippen molar-refractivity contribution in [1.82, 2.24) is 14.9 Å². The van der Waals surface area contributed by atoms with Crippen LogP contribution in [0.25, 0.3) is 0 Å². The predicted octanol–water partition coefficient (Wildman–Crippen LogP) is 3.18. The molecule has 0 radical (unpaired) electrons. The summed E-state index contributed by atoms with van der Waals surface area (Å²) in [5.41, 5.74) is 3.06. The molecule has 0 saturated heterocycles. The highest BCUT2D eigenvalue weighted by molar-refractivity contribution is 5.86. The quantitative estimate of drug-likeness (QED) is 0.711. The topological polar surface area (TPSA) is 90.9 Å². The summed E-state index contributed by atoms with van der Waals surface area (Å²) in [6.45, 7) is 7.20. The molecular weight excluding hydrogens is 386 g/mol. The van der Waals surface area contributed by atoms with Gasteiger partial charge in [-0.25, -0.2) is 19.6 Å². The van der Waals surface area contributed by atoms with Gasteiger partial charge in [0, 0.05) is 13.1 Å². The Morgan fingerprint density at radius 3 is 2.43 bits per heavy atom. The van der Waals surface area contributed by atoms with Crippen LogP contribution in [0, 0.1) is 0 Å². The normalized spacial score (nSPS) is 13.8. The first-order valence-corrected chi connectivity index (χ1v) is 9.87. The van der Waals surface area contributed by atoms with Crippen LogP contribution in [-0.2, 0) is 28.9 Å². The van der Waals surface area contributed by atoms with Crippen molar-refractivity contribution in [2.75, 3.05) is 20.2 Å². The fraction of sp³-hybridized carbons (Fsp3) is 0.455. The summed E-state index contributed by atoms with van der Waals surface area (Å²) >= 11 is 0. The standard InChI is InChI=1S/C22H27N3O5/c1-22(2,3)30-21(27)25-9-7-16-6-5-15(11-17(16)8-10-25)14-29-19-13-23-18(12-24-19)20(26)28-4/h5-6,11-13H,7-10,14H2,1-4H3. The van der Waals surface area contributed by atoms with Crippen molar-refractivity contribution in [2.45, 2.75) is 45.8 Å². The monoisotopic (exact) mass is 413 g/mol. The Morgan fingerprint density at radius 1 is 1.07 bits per heavy atom. The molecular formula is C22H27N3O5. The molecule has 2 heterocycles. The molecule has 1 aromatic carbocycles. The average Bonchev–Trinajstić information content (AvgIpc) is 2.93. The molecule has 0 atom stereocenters. The van der Waals surface area contributed by atoms with Crippen LogP contribution in [0.3, 0.4) is 0 Å². The van der Waals surface area contributed by atoms with E-state index in [1.165, 1.54) is 30.6 Å². The van der Waals surface area contributed by atoms with Crippen molar-refractivity contribution in [3.05, 3.63) is 53.0 Å². The molecule has 1 aliphatic rings. The Bertz CT molecular complexity index is 906. The van der Waals surface area contributed by atoms with Crippen LogP contribution < -0.4 is 4.74 Å². The van der Waals surface area contributed by atoms with Gasteiger partial charge in [0.1, 0.15) is 12.2 Å². The van der Waals surface area contributed by atoms with Crippen molar-refractivity contribution >= 4 is 12.1 Å². The third kappa shape index (κ3) is 5.68. The lowest BCUT2D eigenvalue weighted by atomic mass is 10.0. The highest BCUT2D eigenvalue weighted by atomic mass is 16.6. The first kappa shape index (κ1) is 21.5. The number of carbonyl (C=O) groups is 2. The molecule has 0 aliphatic carbocycles. The molecule has 1 aliphatic heterocycles. The SMILES string of the molecule is COC(=O)c1cnc(OCc2ccc3c(c2)CCN(C(=O)OC(C)(C)C)CC3)cn1. The fourth-order valence-corrected chi connectivity index (χ4v) is 3.14. The van der Waals surface area contributed by atoms with Gasteiger partial charge >= 0.3 is 12.1 Å². The van der Waals surface area contributed by atoms with E-state index in [0.717, 1.165) is 18.4 Å². The van der Waals surface area contributed by atoms with Gasteiger partial charge in [0.15, 0.2) is 5.69 Å². The van der Waals surface area contributed by atoms with Crippen molar-refractivity contribution in [1.29, 1.82) is 0 Å². The van der Waals surface area contributed by atoms with E-state index in [9.17, 15) is 9.59 Å². The van der Waals surface area contributed by atoms with E-state index in [2.05, 4.69) is 26.8 Å². The molecule has 0 unspecified atom stereocenters. The van der Waals surface area contributed by atoms with Crippen molar-refractivity contribution in [3.63, 3.8) is 0 Å². The van der Waals surface area contributed by atoms with Gasteiger partial charge in [-0.15, -0.1) is 0 Å². The van der Waals surface area contributed by atoms with E-state index in [1.54, 1.807) is 4.90 Å². The van der Waals surface area contributed by atoms with Crippen LogP contribution in [0.1, 0.15) is 48.0 Å². The van der Waals surface area contributed by atoms with Crippen LogP contribution in [0.5, 0.6) is 5.88 Å². The molecule has 30 heavy (non-hydrogen) atoms. The molecule has 0 N–H and O–H groups in total. The summed E-state index contributed by atoms with van der Waals surface area (Å²) in [7, 11) is 1.29. The van der Waals surface area contributed by atoms with E-state index in [4.69, 9.17) is 9.47 Å². The number of fused-ring (bicyclic) bond motifs is 1. The largest absolute Gasteiger partial charge is 0.472 e. The molecule has 1 aromatic heterocycles. The maximum absolute atomic E-state index is 12.4. The molecule has 160 valence electrons. The van der Waals surface area contributed by atoms with Crippen molar-refractivity contribution < 1.29 is 23.8 Å². The van der Waals surface area contributed by atoms with Gasteiger partial charge < -0.3 is 19.1 Å². The van der Waals surface area contributed by atoms with Crippen LogP contribution in [-0.4, -0.2) is 52.7 Å². The first-order valence-electron chi connectivity index (χ1n) is 9.87. The van der Waals surface area contributed by atoms with Crippen molar-refractivity contribution in [3.8, 4) is 5.88 Å². The molecule has 2 aromatic rings. The summed E-state index contributed by atoms with van der Waals surface area (Å²) in [4.78, 5) is 33.6. The van der Waals surface area contributed by atoms with Crippen LogP contribution >= 0.6 is 0 Å². The minimum absolute atomic E-state index is 0.129. The third-order valence-electron chi connectivity index (χ3n) is 4.63. The molecule has 1 amide bonds. The second-order valence-electron chi connectivity index (χ2n) is 8.09. The second kappa shape index (κ2) is 9.11. The Hall–Kier alpha value is -3.16. The number of methoxy groups -OCH3 is 1. The predicted molar refractivity (Wildman–Crippen MR) is 109 cm³/mol. The number of amides is 1. The fourth-order valence-electron chi connectivity index (χ4n) is 3.14. The minimum Gasteiger partial charge on any atom is -0.472 e. The Labute approximate surface area is 176 Å². The first-order chi connectivity index (χ1) is 14.2. The zero-order valence-electron chi connectivity index (χ0n) is 17.8. The molecule has 8 heteroatoms. The maximum atomic E-state index is 12.4. The summed E-state index contributed by atoms with van der Waals surface area (Å²) in [5, 5.41) is 0. The van der Waals surface area contributed by atoms with E-state index in [0.29, 0.717) is 25.6 Å². The lowest BCUT2D eigenvalue weighted by Crippen LogP contribution is -2.38. The number of ether oxygens (including phenoxy) is 3. The van der Waals surface area contributed by atoms with Gasteiger partial charge in [-0.1, -0.05) is 18.2 Å². The smallest absolute Gasteiger partial charge is 0.410 e. The minimum atomic E-state index is -0.541. The van der Waals surface area contributed by atoms with Gasteiger partial charge in [0.05, 0.1) is 19.5 Å². The zero-order valence-corrected chi connectivity index (χ0v) is 17.8. The summed E-state index contributed by atoms with van der Waals surface area (Å²) < 4.78 is 15.8. The van der Waals surface area contributed by atoms with E-state index >= 15 is 0 Å². The number of hydrogen-bond acceptors (Lipinski definition) is 7.